The highest BCUT2D eigenvalue weighted by Crippen LogP contribution is 2.27. The summed E-state index contributed by atoms with van der Waals surface area (Å²) in [4.78, 5) is 29.5. The van der Waals surface area contributed by atoms with Gasteiger partial charge in [0.1, 0.15) is 18.4 Å². The zero-order chi connectivity index (χ0) is 33.3. The minimum Gasteiger partial charge on any atom is -0.354 e. The molecule has 0 saturated heterocycles. The van der Waals surface area contributed by atoms with Gasteiger partial charge in [0.25, 0.3) is 10.0 Å². The topological polar surface area (TPSA) is 86.8 Å². The van der Waals surface area contributed by atoms with E-state index < -0.39 is 40.2 Å². The van der Waals surface area contributed by atoms with Gasteiger partial charge in [0.15, 0.2) is 0 Å². The van der Waals surface area contributed by atoms with E-state index >= 15 is 4.39 Å². The average molecular weight is 644 g/mol. The molecule has 0 aliphatic rings. The Balaban J connectivity index is 1.81. The Labute approximate surface area is 272 Å². The van der Waals surface area contributed by atoms with E-state index in [1.165, 1.54) is 23.1 Å². The van der Waals surface area contributed by atoms with Gasteiger partial charge in [-0.1, -0.05) is 99.1 Å². The smallest absolute Gasteiger partial charge is 0.264 e. The van der Waals surface area contributed by atoms with Crippen LogP contribution in [0.4, 0.5) is 10.1 Å². The lowest BCUT2D eigenvalue weighted by Gasteiger charge is -2.34. The van der Waals surface area contributed by atoms with Gasteiger partial charge < -0.3 is 10.2 Å². The second-order valence-electron chi connectivity index (χ2n) is 11.7. The van der Waals surface area contributed by atoms with Gasteiger partial charge >= 0.3 is 0 Å². The number of benzene rings is 4. The summed E-state index contributed by atoms with van der Waals surface area (Å²) in [5.74, 6) is -1.35. The van der Waals surface area contributed by atoms with E-state index in [4.69, 9.17) is 0 Å². The second-order valence-corrected chi connectivity index (χ2v) is 13.5. The van der Waals surface area contributed by atoms with Crippen molar-refractivity contribution >= 4 is 27.5 Å². The highest BCUT2D eigenvalue weighted by atomic mass is 32.2. The number of aryl methyl sites for hydroxylation is 1. The molecule has 7 nitrogen and oxygen atoms in total. The fourth-order valence-electron chi connectivity index (χ4n) is 5.12. The number of hydrogen-bond donors (Lipinski definition) is 1. The lowest BCUT2D eigenvalue weighted by Crippen LogP contribution is -2.53. The van der Waals surface area contributed by atoms with E-state index in [-0.39, 0.29) is 29.3 Å². The van der Waals surface area contributed by atoms with Crippen LogP contribution in [0, 0.1) is 12.7 Å². The summed E-state index contributed by atoms with van der Waals surface area (Å²) in [7, 11) is -4.22. The number of anilines is 1. The average Bonchev–Trinajstić information content (AvgIpc) is 3.05. The van der Waals surface area contributed by atoms with E-state index in [0.717, 1.165) is 21.0 Å². The number of carbonyl (C=O) groups excluding carboxylic acids is 2. The number of hydrogen-bond acceptors (Lipinski definition) is 4. The van der Waals surface area contributed by atoms with Crippen molar-refractivity contribution in [1.82, 2.24) is 10.2 Å². The first-order valence-electron chi connectivity index (χ1n) is 15.5. The van der Waals surface area contributed by atoms with Crippen LogP contribution in [0.3, 0.4) is 0 Å². The van der Waals surface area contributed by atoms with Crippen molar-refractivity contribution in [1.29, 1.82) is 0 Å². The van der Waals surface area contributed by atoms with Crippen LogP contribution in [0.25, 0.3) is 0 Å². The molecule has 1 atom stereocenters. The number of nitrogens with one attached hydrogen (secondary N) is 1. The van der Waals surface area contributed by atoms with Gasteiger partial charge in [-0.25, -0.2) is 12.8 Å². The Morgan fingerprint density at radius 1 is 0.848 bits per heavy atom. The maximum Gasteiger partial charge on any atom is 0.264 e. The van der Waals surface area contributed by atoms with Gasteiger partial charge in [-0.3, -0.25) is 13.9 Å². The van der Waals surface area contributed by atoms with Crippen molar-refractivity contribution in [3.63, 3.8) is 0 Å². The quantitative estimate of drug-likeness (QED) is 0.167. The van der Waals surface area contributed by atoms with Crippen molar-refractivity contribution < 1.29 is 22.4 Å². The molecule has 4 rings (SSSR count). The molecule has 0 saturated carbocycles. The third kappa shape index (κ3) is 8.60. The maximum absolute atomic E-state index is 15.0. The van der Waals surface area contributed by atoms with Crippen LogP contribution in [0.5, 0.6) is 0 Å². The van der Waals surface area contributed by atoms with Crippen LogP contribution >= 0.6 is 0 Å². The number of rotatable bonds is 14. The lowest BCUT2D eigenvalue weighted by atomic mass is 10.0. The number of halogens is 1. The summed E-state index contributed by atoms with van der Waals surface area (Å²) in [6, 6.07) is 27.8. The first-order valence-corrected chi connectivity index (χ1v) is 17.0. The normalized spacial score (nSPS) is 12.0. The molecule has 46 heavy (non-hydrogen) atoms. The molecule has 9 heteroatoms. The van der Waals surface area contributed by atoms with E-state index in [1.54, 1.807) is 42.5 Å². The third-order valence-corrected chi connectivity index (χ3v) is 9.64. The molecule has 4 aromatic rings. The molecule has 0 aromatic heterocycles. The lowest BCUT2D eigenvalue weighted by molar-refractivity contribution is -0.140. The summed E-state index contributed by atoms with van der Waals surface area (Å²) >= 11 is 0. The van der Waals surface area contributed by atoms with Crippen LogP contribution in [0.1, 0.15) is 55.4 Å². The Morgan fingerprint density at radius 2 is 1.48 bits per heavy atom. The molecule has 0 spiro atoms. The number of sulfonamides is 1. The third-order valence-electron chi connectivity index (χ3n) is 7.85. The van der Waals surface area contributed by atoms with Crippen LogP contribution in [0.2, 0.25) is 0 Å². The van der Waals surface area contributed by atoms with Crippen LogP contribution < -0.4 is 9.62 Å². The van der Waals surface area contributed by atoms with E-state index in [0.29, 0.717) is 18.7 Å². The van der Waals surface area contributed by atoms with Crippen molar-refractivity contribution in [2.45, 2.75) is 63.9 Å². The van der Waals surface area contributed by atoms with Crippen molar-refractivity contribution in [3.8, 4) is 0 Å². The van der Waals surface area contributed by atoms with Gasteiger partial charge in [-0.15, -0.1) is 0 Å². The molecule has 2 amide bonds. The van der Waals surface area contributed by atoms with Crippen LogP contribution in [-0.2, 0) is 32.6 Å². The molecular formula is C37H42FN3O4S. The summed E-state index contributed by atoms with van der Waals surface area (Å²) in [6.07, 6.45) is 0.838. The molecule has 0 fully saturated rings. The molecular weight excluding hydrogens is 601 g/mol. The van der Waals surface area contributed by atoms with Crippen molar-refractivity contribution in [2.24, 2.45) is 0 Å². The highest BCUT2D eigenvalue weighted by Gasteiger charge is 2.35. The molecule has 242 valence electrons. The predicted octanol–water partition coefficient (Wildman–Crippen LogP) is 6.62. The largest absolute Gasteiger partial charge is 0.354 e. The standard InChI is InChI=1S/C37H42FN3O4S/c1-5-23-39-37(43)35(24-29-11-7-6-8-12-29)40(25-31-13-9-10-14-34(31)38)36(42)26-41(32-19-17-30(18-20-32)27(2)3)46(44,45)33-21-15-28(4)16-22-33/h6-22,27,35H,5,23-26H2,1-4H3,(H,39,43)/t35-/m0/s1. The molecule has 4 aromatic carbocycles. The van der Waals surface area contributed by atoms with E-state index in [9.17, 15) is 18.0 Å². The van der Waals surface area contributed by atoms with Gasteiger partial charge in [-0.2, -0.15) is 0 Å². The minimum atomic E-state index is -4.22. The molecule has 0 aliphatic carbocycles. The number of amides is 2. The van der Waals surface area contributed by atoms with Gasteiger partial charge in [0.05, 0.1) is 10.6 Å². The first-order chi connectivity index (χ1) is 22.0. The summed E-state index contributed by atoms with van der Waals surface area (Å²) in [6.45, 7) is 7.42. The molecule has 0 bridgehead atoms. The first kappa shape index (κ1) is 34.4. The predicted molar refractivity (Wildman–Crippen MR) is 180 cm³/mol. The Kier molecular flexibility index (Phi) is 11.7. The second kappa shape index (κ2) is 15.7. The minimum absolute atomic E-state index is 0.0287. The van der Waals surface area contributed by atoms with Gasteiger partial charge in [-0.05, 0) is 60.7 Å². The fraction of sp³-hybridized carbons (Fsp3) is 0.297. The Bertz CT molecular complexity index is 1710. The molecule has 0 radical (unpaired) electrons. The summed E-state index contributed by atoms with van der Waals surface area (Å²) in [5, 5.41) is 2.89. The number of nitrogens with zero attached hydrogens (tertiary/aromatic N) is 2. The zero-order valence-electron chi connectivity index (χ0n) is 26.8. The summed E-state index contributed by atoms with van der Waals surface area (Å²) < 4.78 is 44.5. The van der Waals surface area contributed by atoms with Crippen molar-refractivity contribution in [2.75, 3.05) is 17.4 Å². The van der Waals surface area contributed by atoms with E-state index in [1.807, 2.05) is 70.2 Å². The van der Waals surface area contributed by atoms with Gasteiger partial charge in [0.2, 0.25) is 11.8 Å². The Morgan fingerprint density at radius 3 is 2.09 bits per heavy atom. The summed E-state index contributed by atoms with van der Waals surface area (Å²) in [5.41, 5.74) is 3.23. The van der Waals surface area contributed by atoms with Crippen molar-refractivity contribution in [3.05, 3.63) is 131 Å². The molecule has 1 N–H and O–H groups in total. The molecule has 0 unspecified atom stereocenters. The van der Waals surface area contributed by atoms with Gasteiger partial charge in [0, 0.05) is 25.1 Å². The SMILES string of the molecule is CCCNC(=O)[C@H](Cc1ccccc1)N(Cc1ccccc1F)C(=O)CN(c1ccc(C(C)C)cc1)S(=O)(=O)c1ccc(C)cc1. The zero-order valence-corrected chi connectivity index (χ0v) is 27.6. The van der Waals surface area contributed by atoms with Crippen LogP contribution in [-0.4, -0.2) is 44.3 Å². The number of carbonyl (C=O) groups is 2. The Hall–Kier alpha value is -4.50. The maximum atomic E-state index is 15.0. The highest BCUT2D eigenvalue weighted by molar-refractivity contribution is 7.92. The molecule has 0 aliphatic heterocycles. The molecule has 0 heterocycles. The fourth-order valence-corrected chi connectivity index (χ4v) is 6.54. The monoisotopic (exact) mass is 643 g/mol. The van der Waals surface area contributed by atoms with Crippen LogP contribution in [0.15, 0.2) is 108 Å². The van der Waals surface area contributed by atoms with E-state index in [2.05, 4.69) is 5.32 Å².